The van der Waals surface area contributed by atoms with E-state index in [-0.39, 0.29) is 11.2 Å². The Morgan fingerprint density at radius 2 is 2.00 bits per heavy atom. The van der Waals surface area contributed by atoms with Crippen molar-refractivity contribution < 1.29 is 9.34 Å². The monoisotopic (exact) mass is 275 g/mol. The summed E-state index contributed by atoms with van der Waals surface area (Å²) in [6.07, 6.45) is 1.68. The van der Waals surface area contributed by atoms with Crippen LogP contribution >= 0.6 is 0 Å². The maximum atomic E-state index is 10.6. The summed E-state index contributed by atoms with van der Waals surface area (Å²) in [5, 5.41) is 14.0. The molecule has 0 saturated carbocycles. The van der Waals surface area contributed by atoms with Gasteiger partial charge in [-0.3, -0.25) is 15.4 Å². The lowest BCUT2D eigenvalue weighted by molar-refractivity contribution is -0.384. The van der Waals surface area contributed by atoms with Gasteiger partial charge in [-0.25, -0.2) is 4.98 Å². The normalized spacial score (nSPS) is 11.6. The summed E-state index contributed by atoms with van der Waals surface area (Å²) >= 11 is 0. The fourth-order valence-corrected chi connectivity index (χ4v) is 1.88. The Morgan fingerprint density at radius 3 is 2.50 bits per heavy atom. The maximum absolute atomic E-state index is 10.6. The highest BCUT2D eigenvalue weighted by Gasteiger charge is 2.21. The van der Waals surface area contributed by atoms with Gasteiger partial charge in [0.1, 0.15) is 5.76 Å². The molecule has 2 aromatic rings. The molecule has 106 valence electrons. The number of nitro groups is 1. The van der Waals surface area contributed by atoms with Crippen LogP contribution in [0.3, 0.4) is 0 Å². The predicted octanol–water partition coefficient (Wildman–Crippen LogP) is 2.92. The lowest BCUT2D eigenvalue weighted by Gasteiger charge is -2.26. The molecule has 0 aliphatic rings. The minimum atomic E-state index is -0.403. The summed E-state index contributed by atoms with van der Waals surface area (Å²) in [6.45, 7) is 6.35. The molecule has 0 fully saturated rings. The molecular formula is C14H17N3O3. The lowest BCUT2D eigenvalue weighted by Crippen LogP contribution is -2.36. The van der Waals surface area contributed by atoms with Crippen LogP contribution < -0.4 is 5.32 Å². The molecule has 0 atom stereocenters. The zero-order valence-electron chi connectivity index (χ0n) is 11.7. The van der Waals surface area contributed by atoms with Crippen molar-refractivity contribution in [3.05, 3.63) is 57.8 Å². The topological polar surface area (TPSA) is 81.2 Å². The van der Waals surface area contributed by atoms with E-state index in [1.165, 1.54) is 12.1 Å². The number of oxazole rings is 1. The molecule has 0 amide bonds. The number of nitrogens with one attached hydrogen (secondary N) is 1. The third-order valence-electron chi connectivity index (χ3n) is 3.15. The van der Waals surface area contributed by atoms with E-state index in [9.17, 15) is 10.1 Å². The van der Waals surface area contributed by atoms with E-state index in [4.69, 9.17) is 4.42 Å². The van der Waals surface area contributed by atoms with Crippen molar-refractivity contribution in [1.82, 2.24) is 10.3 Å². The third kappa shape index (κ3) is 3.21. The average molecular weight is 275 g/mol. The Morgan fingerprint density at radius 1 is 1.35 bits per heavy atom. The van der Waals surface area contributed by atoms with E-state index in [0.717, 1.165) is 11.3 Å². The van der Waals surface area contributed by atoms with Crippen LogP contribution in [0.15, 0.2) is 34.9 Å². The highest BCUT2D eigenvalue weighted by molar-refractivity contribution is 5.35. The Hall–Kier alpha value is -2.21. The van der Waals surface area contributed by atoms with Crippen LogP contribution in [0.1, 0.15) is 31.1 Å². The Kier molecular flexibility index (Phi) is 3.85. The second-order valence-corrected chi connectivity index (χ2v) is 5.15. The average Bonchev–Trinajstić information content (AvgIpc) is 2.82. The van der Waals surface area contributed by atoms with Gasteiger partial charge >= 0.3 is 0 Å². The summed E-state index contributed by atoms with van der Waals surface area (Å²) in [6, 6.07) is 6.53. The minimum absolute atomic E-state index is 0.0906. The molecule has 20 heavy (non-hydrogen) atoms. The first-order valence-corrected chi connectivity index (χ1v) is 6.30. The van der Waals surface area contributed by atoms with E-state index < -0.39 is 4.92 Å². The summed E-state index contributed by atoms with van der Waals surface area (Å²) in [4.78, 5) is 14.4. The van der Waals surface area contributed by atoms with Crippen LogP contribution in [0.5, 0.6) is 0 Å². The van der Waals surface area contributed by atoms with Crippen LogP contribution in [0, 0.1) is 17.0 Å². The van der Waals surface area contributed by atoms with E-state index in [1.807, 2.05) is 20.8 Å². The summed E-state index contributed by atoms with van der Waals surface area (Å²) < 4.78 is 5.40. The first-order chi connectivity index (χ1) is 9.38. The van der Waals surface area contributed by atoms with E-state index in [2.05, 4.69) is 10.3 Å². The van der Waals surface area contributed by atoms with Gasteiger partial charge in [0.25, 0.3) is 5.69 Å². The van der Waals surface area contributed by atoms with Crippen LogP contribution in [0.25, 0.3) is 0 Å². The van der Waals surface area contributed by atoms with Gasteiger partial charge in [0.2, 0.25) is 5.89 Å². The Balaban J connectivity index is 2.07. The number of rotatable bonds is 5. The number of nitro benzene ring substituents is 1. The minimum Gasteiger partial charge on any atom is -0.445 e. The molecule has 0 unspecified atom stereocenters. The molecule has 2 rings (SSSR count). The number of hydrogen-bond acceptors (Lipinski definition) is 5. The first-order valence-electron chi connectivity index (χ1n) is 6.30. The Bertz CT molecular complexity index is 602. The molecule has 1 aromatic carbocycles. The van der Waals surface area contributed by atoms with Crippen molar-refractivity contribution >= 4 is 5.69 Å². The van der Waals surface area contributed by atoms with Gasteiger partial charge in [-0.15, -0.1) is 0 Å². The standard InChI is InChI=1S/C14H17N3O3/c1-10-8-15-13(20-10)9-16-14(2,3)11-4-6-12(7-5-11)17(18)19/h4-8,16H,9H2,1-3H3. The molecule has 0 bridgehead atoms. The molecule has 1 aromatic heterocycles. The smallest absolute Gasteiger partial charge is 0.269 e. The number of nitrogens with zero attached hydrogens (tertiary/aromatic N) is 2. The molecule has 0 aliphatic heterocycles. The number of benzene rings is 1. The van der Waals surface area contributed by atoms with E-state index >= 15 is 0 Å². The third-order valence-corrected chi connectivity index (χ3v) is 3.15. The van der Waals surface area contributed by atoms with E-state index in [0.29, 0.717) is 12.4 Å². The van der Waals surface area contributed by atoms with Gasteiger partial charge in [0.15, 0.2) is 0 Å². The van der Waals surface area contributed by atoms with Crippen molar-refractivity contribution in [2.75, 3.05) is 0 Å². The Labute approximate surface area is 117 Å². The molecule has 6 heteroatoms. The first kappa shape index (κ1) is 14.2. The van der Waals surface area contributed by atoms with Crippen molar-refractivity contribution in [3.63, 3.8) is 0 Å². The SMILES string of the molecule is Cc1cnc(CNC(C)(C)c2ccc([N+](=O)[O-])cc2)o1. The van der Waals surface area contributed by atoms with Crippen LogP contribution in [-0.2, 0) is 12.1 Å². The summed E-state index contributed by atoms with van der Waals surface area (Å²) in [5.74, 6) is 1.40. The second-order valence-electron chi connectivity index (χ2n) is 5.15. The molecule has 6 nitrogen and oxygen atoms in total. The van der Waals surface area contributed by atoms with Gasteiger partial charge in [-0.1, -0.05) is 12.1 Å². The molecule has 1 heterocycles. The number of non-ortho nitro benzene ring substituents is 1. The second kappa shape index (κ2) is 5.42. The van der Waals surface area contributed by atoms with Gasteiger partial charge < -0.3 is 4.42 Å². The predicted molar refractivity (Wildman–Crippen MR) is 74.2 cm³/mol. The van der Waals surface area contributed by atoms with Crippen LogP contribution in [0.4, 0.5) is 5.69 Å². The lowest BCUT2D eigenvalue weighted by atomic mass is 9.94. The van der Waals surface area contributed by atoms with Crippen molar-refractivity contribution in [2.24, 2.45) is 0 Å². The molecule has 0 aliphatic carbocycles. The fourth-order valence-electron chi connectivity index (χ4n) is 1.88. The molecule has 0 saturated heterocycles. The zero-order valence-corrected chi connectivity index (χ0v) is 11.7. The van der Waals surface area contributed by atoms with E-state index in [1.54, 1.807) is 18.3 Å². The number of aromatic nitrogens is 1. The molecule has 0 spiro atoms. The zero-order chi connectivity index (χ0) is 14.8. The van der Waals surface area contributed by atoms with Crippen LogP contribution in [0.2, 0.25) is 0 Å². The molecule has 0 radical (unpaired) electrons. The summed E-state index contributed by atoms with van der Waals surface area (Å²) in [5.41, 5.74) is 0.719. The van der Waals surface area contributed by atoms with Gasteiger partial charge in [0, 0.05) is 17.7 Å². The van der Waals surface area contributed by atoms with Gasteiger partial charge in [-0.2, -0.15) is 0 Å². The highest BCUT2D eigenvalue weighted by Crippen LogP contribution is 2.23. The van der Waals surface area contributed by atoms with Crippen molar-refractivity contribution in [2.45, 2.75) is 32.9 Å². The van der Waals surface area contributed by atoms with Crippen LogP contribution in [-0.4, -0.2) is 9.91 Å². The quantitative estimate of drug-likeness (QED) is 0.670. The number of aryl methyl sites for hydroxylation is 1. The highest BCUT2D eigenvalue weighted by atomic mass is 16.6. The van der Waals surface area contributed by atoms with Gasteiger partial charge in [-0.05, 0) is 26.3 Å². The molecule has 1 N–H and O–H groups in total. The maximum Gasteiger partial charge on any atom is 0.269 e. The number of hydrogen-bond donors (Lipinski definition) is 1. The van der Waals surface area contributed by atoms with Gasteiger partial charge in [0.05, 0.1) is 17.7 Å². The fraction of sp³-hybridized carbons (Fsp3) is 0.357. The van der Waals surface area contributed by atoms with Crippen molar-refractivity contribution in [3.8, 4) is 0 Å². The van der Waals surface area contributed by atoms with Crippen molar-refractivity contribution in [1.29, 1.82) is 0 Å². The summed E-state index contributed by atoms with van der Waals surface area (Å²) in [7, 11) is 0. The molecular weight excluding hydrogens is 258 g/mol. The largest absolute Gasteiger partial charge is 0.445 e.